The van der Waals surface area contributed by atoms with Gasteiger partial charge in [0, 0.05) is 5.57 Å². The third-order valence-electron chi connectivity index (χ3n) is 0.943. The first kappa shape index (κ1) is 14.9. The summed E-state index contributed by atoms with van der Waals surface area (Å²) in [6, 6.07) is 0. The molecule has 0 amide bonds. The van der Waals surface area contributed by atoms with Crippen LogP contribution in [0.4, 0.5) is 0 Å². The Morgan fingerprint density at radius 3 is 2.07 bits per heavy atom. The maximum Gasteiger partial charge on any atom is 0.333 e. The molecule has 0 atom stereocenters. The second kappa shape index (κ2) is 9.51. The molecule has 0 saturated heterocycles. The van der Waals surface area contributed by atoms with Crippen LogP contribution in [0.1, 0.15) is 20.3 Å². The van der Waals surface area contributed by atoms with Crippen LogP contribution in [0.5, 0.6) is 0 Å². The molecule has 0 unspecified atom stereocenters. The van der Waals surface area contributed by atoms with Crippen LogP contribution in [0, 0.1) is 0 Å². The van der Waals surface area contributed by atoms with Gasteiger partial charge < -0.3 is 9.84 Å². The van der Waals surface area contributed by atoms with E-state index < -0.39 is 5.97 Å². The summed E-state index contributed by atoms with van der Waals surface area (Å²) >= 11 is 0. The second-order valence-electron chi connectivity index (χ2n) is 2.39. The minimum atomic E-state index is -0.829. The minimum Gasteiger partial charge on any atom is -0.481 e. The quantitative estimate of drug-likeness (QED) is 0.427. The van der Waals surface area contributed by atoms with E-state index in [0.717, 1.165) is 0 Å². The summed E-state index contributed by atoms with van der Waals surface area (Å²) in [7, 11) is 0. The van der Waals surface area contributed by atoms with E-state index in [9.17, 15) is 9.59 Å². The lowest BCUT2D eigenvalue weighted by atomic mass is 10.4. The summed E-state index contributed by atoms with van der Waals surface area (Å²) in [4.78, 5) is 19.9. The van der Waals surface area contributed by atoms with Crippen LogP contribution in [0.2, 0.25) is 0 Å². The summed E-state index contributed by atoms with van der Waals surface area (Å²) < 4.78 is 4.56. The largest absolute Gasteiger partial charge is 0.481 e. The van der Waals surface area contributed by atoms with Crippen molar-refractivity contribution in [1.82, 2.24) is 0 Å². The van der Waals surface area contributed by atoms with Crippen LogP contribution in [0.15, 0.2) is 24.8 Å². The number of aliphatic carboxylic acids is 1. The van der Waals surface area contributed by atoms with Gasteiger partial charge in [0.2, 0.25) is 0 Å². The second-order valence-corrected chi connectivity index (χ2v) is 2.39. The number of hydrogen-bond acceptors (Lipinski definition) is 3. The summed E-state index contributed by atoms with van der Waals surface area (Å²) in [6.07, 6.45) is 1.41. The Bertz CT molecular complexity index is 218. The Balaban J connectivity index is 0. The Morgan fingerprint density at radius 2 is 2.00 bits per heavy atom. The van der Waals surface area contributed by atoms with Gasteiger partial charge >= 0.3 is 11.9 Å². The van der Waals surface area contributed by atoms with E-state index in [1.54, 1.807) is 13.8 Å². The Kier molecular flexibility index (Phi) is 10.1. The van der Waals surface area contributed by atoms with Gasteiger partial charge in [0.25, 0.3) is 0 Å². The average Bonchev–Trinajstić information content (AvgIpc) is 2.05. The molecule has 0 bridgehead atoms. The third-order valence-corrected chi connectivity index (χ3v) is 0.943. The maximum atomic E-state index is 10.4. The van der Waals surface area contributed by atoms with Gasteiger partial charge in [-0.1, -0.05) is 12.7 Å². The van der Waals surface area contributed by atoms with Gasteiger partial charge in [0.05, 0.1) is 13.0 Å². The number of carboxylic acids is 1. The van der Waals surface area contributed by atoms with Crippen LogP contribution in [-0.2, 0) is 14.3 Å². The number of hydrogen-bond donors (Lipinski definition) is 1. The van der Waals surface area contributed by atoms with Gasteiger partial charge in [-0.15, -0.1) is 6.58 Å². The first-order chi connectivity index (χ1) is 6.45. The van der Waals surface area contributed by atoms with Gasteiger partial charge in [-0.05, 0) is 13.8 Å². The molecular formula is C10H16O4. The fourth-order valence-electron chi connectivity index (χ4n) is 0.378. The zero-order chi connectivity index (χ0) is 11.6. The molecule has 0 aliphatic heterocycles. The lowest BCUT2D eigenvalue weighted by molar-refractivity contribution is -0.138. The number of carbonyl (C=O) groups is 2. The van der Waals surface area contributed by atoms with E-state index in [0.29, 0.717) is 12.2 Å². The van der Waals surface area contributed by atoms with Crippen molar-refractivity contribution in [1.29, 1.82) is 0 Å². The van der Waals surface area contributed by atoms with Crippen molar-refractivity contribution in [2.45, 2.75) is 20.3 Å². The highest BCUT2D eigenvalue weighted by Crippen LogP contribution is 1.89. The van der Waals surface area contributed by atoms with Crippen molar-refractivity contribution in [2.24, 2.45) is 0 Å². The van der Waals surface area contributed by atoms with Crippen LogP contribution >= 0.6 is 0 Å². The number of esters is 1. The van der Waals surface area contributed by atoms with E-state index >= 15 is 0 Å². The maximum absolute atomic E-state index is 10.4. The first-order valence-electron chi connectivity index (χ1n) is 4.11. The van der Waals surface area contributed by atoms with Crippen LogP contribution in [-0.4, -0.2) is 23.7 Å². The molecule has 0 aromatic carbocycles. The number of ether oxygens (including phenoxy) is 1. The molecule has 1 N–H and O–H groups in total. The highest BCUT2D eigenvalue weighted by atomic mass is 16.5. The van der Waals surface area contributed by atoms with Gasteiger partial charge in [0.1, 0.15) is 0 Å². The fraction of sp³-hybridized carbons (Fsp3) is 0.400. The summed E-state index contributed by atoms with van der Waals surface area (Å²) in [5, 5.41) is 7.84. The van der Waals surface area contributed by atoms with E-state index in [1.807, 2.05) is 0 Å². The molecule has 4 nitrogen and oxygen atoms in total. The standard InChI is InChI=1S/C6H10O2.C4H6O2/c1-4-8-6(7)5(2)3;1-2-3-4(5)6/h2,4H2,1,3H3;2H,1,3H2,(H,5,6). The van der Waals surface area contributed by atoms with E-state index in [2.05, 4.69) is 17.9 Å². The van der Waals surface area contributed by atoms with Crippen molar-refractivity contribution < 1.29 is 19.4 Å². The number of carboxylic acid groups (broad SMARTS) is 1. The van der Waals surface area contributed by atoms with E-state index in [-0.39, 0.29) is 12.4 Å². The van der Waals surface area contributed by atoms with Gasteiger partial charge in [-0.2, -0.15) is 0 Å². The smallest absolute Gasteiger partial charge is 0.333 e. The normalized spacial score (nSPS) is 7.86. The fourth-order valence-corrected chi connectivity index (χ4v) is 0.378. The molecule has 4 heteroatoms. The average molecular weight is 200 g/mol. The summed E-state index contributed by atoms with van der Waals surface area (Å²) in [5.41, 5.74) is 0.451. The van der Waals surface area contributed by atoms with Gasteiger partial charge in [-0.25, -0.2) is 4.79 Å². The monoisotopic (exact) mass is 200 g/mol. The van der Waals surface area contributed by atoms with Crippen molar-refractivity contribution in [3.05, 3.63) is 24.8 Å². The van der Waals surface area contributed by atoms with Crippen LogP contribution < -0.4 is 0 Å². The van der Waals surface area contributed by atoms with Crippen molar-refractivity contribution in [3.8, 4) is 0 Å². The summed E-state index contributed by atoms with van der Waals surface area (Å²) in [6.45, 7) is 10.4. The minimum absolute atomic E-state index is 0.0556. The van der Waals surface area contributed by atoms with Crippen LogP contribution in [0.25, 0.3) is 0 Å². The molecule has 0 aromatic rings. The Labute approximate surface area is 83.9 Å². The molecular weight excluding hydrogens is 184 g/mol. The predicted octanol–water partition coefficient (Wildman–Crippen LogP) is 1.77. The molecule has 0 radical (unpaired) electrons. The molecule has 0 rings (SSSR count). The van der Waals surface area contributed by atoms with Gasteiger partial charge in [-0.3, -0.25) is 4.79 Å². The Morgan fingerprint density at radius 1 is 1.50 bits per heavy atom. The summed E-state index contributed by atoms with van der Waals surface area (Å²) in [5.74, 6) is -1.14. The topological polar surface area (TPSA) is 63.6 Å². The molecule has 0 spiro atoms. The molecule has 0 fully saturated rings. The molecule has 14 heavy (non-hydrogen) atoms. The third kappa shape index (κ3) is 13.0. The van der Waals surface area contributed by atoms with Crippen LogP contribution in [0.3, 0.4) is 0 Å². The lowest BCUT2D eigenvalue weighted by Gasteiger charge is -1.96. The highest BCUT2D eigenvalue weighted by Gasteiger charge is 1.98. The molecule has 0 heterocycles. The Hall–Kier alpha value is -1.58. The SMILES string of the molecule is C=C(C)C(=O)OCC.C=CCC(=O)O. The van der Waals surface area contributed by atoms with Gasteiger partial charge in [0.15, 0.2) is 0 Å². The molecule has 80 valence electrons. The highest BCUT2D eigenvalue weighted by molar-refractivity contribution is 5.86. The van der Waals surface area contributed by atoms with Crippen molar-refractivity contribution in [3.63, 3.8) is 0 Å². The molecule has 0 saturated carbocycles. The molecule has 0 aliphatic rings. The number of rotatable bonds is 4. The van der Waals surface area contributed by atoms with Crippen molar-refractivity contribution >= 4 is 11.9 Å². The molecule has 0 aromatic heterocycles. The molecule has 0 aliphatic carbocycles. The first-order valence-corrected chi connectivity index (χ1v) is 4.11. The van der Waals surface area contributed by atoms with E-state index in [4.69, 9.17) is 5.11 Å². The zero-order valence-electron chi connectivity index (χ0n) is 8.58. The van der Waals surface area contributed by atoms with Crippen molar-refractivity contribution in [2.75, 3.05) is 6.61 Å². The van der Waals surface area contributed by atoms with E-state index in [1.165, 1.54) is 6.08 Å². The number of carbonyl (C=O) groups excluding carboxylic acids is 1. The predicted molar refractivity (Wildman–Crippen MR) is 53.9 cm³/mol. The zero-order valence-corrected chi connectivity index (χ0v) is 8.58. The lowest BCUT2D eigenvalue weighted by Crippen LogP contribution is -2.03.